The van der Waals surface area contributed by atoms with E-state index in [2.05, 4.69) is 10.4 Å². The van der Waals surface area contributed by atoms with E-state index in [1.54, 1.807) is 12.4 Å². The summed E-state index contributed by atoms with van der Waals surface area (Å²) >= 11 is 0. The second-order valence-electron chi connectivity index (χ2n) is 2.07. The molecule has 0 fully saturated rings. The van der Waals surface area contributed by atoms with Gasteiger partial charge in [-0.15, -0.1) is 0 Å². The topological polar surface area (TPSA) is 74.1 Å². The van der Waals surface area contributed by atoms with Crippen molar-refractivity contribution in [1.29, 1.82) is 0 Å². The van der Waals surface area contributed by atoms with E-state index < -0.39 is 6.10 Å². The van der Waals surface area contributed by atoms with Crippen molar-refractivity contribution in [3.8, 4) is 0 Å². The van der Waals surface area contributed by atoms with E-state index >= 15 is 0 Å². The third-order valence-electron chi connectivity index (χ3n) is 1.32. The number of nitrogens with one attached hydrogen (secondary N) is 2. The molecule has 1 heterocycles. The number of aliphatic hydroxyl groups is 1. The Hall–Kier alpha value is -0.840. The van der Waals surface area contributed by atoms with Crippen LogP contribution >= 0.6 is 0 Å². The summed E-state index contributed by atoms with van der Waals surface area (Å²) in [5.41, 5.74) is 3.24. The highest BCUT2D eigenvalue weighted by molar-refractivity contribution is 5.11. The van der Waals surface area contributed by atoms with Gasteiger partial charge in [-0.05, 0) is 11.6 Å². The number of rotatable bonds is 3. The molecule has 1 atom stereocenters. The van der Waals surface area contributed by atoms with Crippen LogP contribution in [0, 0.1) is 0 Å². The summed E-state index contributed by atoms with van der Waals surface area (Å²) in [6.45, 7) is 0.373. The Bertz CT molecular complexity index is 173. The van der Waals surface area contributed by atoms with Crippen LogP contribution in [0.15, 0.2) is 18.5 Å². The number of H-pyrrole nitrogens is 1. The van der Waals surface area contributed by atoms with Crippen LogP contribution in [-0.4, -0.2) is 16.6 Å². The Labute approximate surface area is 59.0 Å². The molecule has 56 valence electrons. The Morgan fingerprint density at radius 1 is 1.80 bits per heavy atom. The number of nitrogens with two attached hydrogens (primary N) is 1. The van der Waals surface area contributed by atoms with Crippen LogP contribution in [-0.2, 0) is 0 Å². The molecule has 0 aliphatic rings. The van der Waals surface area contributed by atoms with Gasteiger partial charge in [0.15, 0.2) is 0 Å². The molecule has 0 aliphatic heterocycles. The van der Waals surface area contributed by atoms with E-state index in [1.165, 1.54) is 0 Å². The van der Waals surface area contributed by atoms with Crippen molar-refractivity contribution in [2.45, 2.75) is 6.10 Å². The van der Waals surface area contributed by atoms with E-state index in [9.17, 15) is 5.11 Å². The van der Waals surface area contributed by atoms with Crippen LogP contribution in [0.25, 0.3) is 0 Å². The Balaban J connectivity index is 2.50. The lowest BCUT2D eigenvalue weighted by Crippen LogP contribution is -2.27. The summed E-state index contributed by atoms with van der Waals surface area (Å²) in [7, 11) is 0. The summed E-state index contributed by atoms with van der Waals surface area (Å²) in [6, 6.07) is 1.81. The Morgan fingerprint density at radius 3 is 3.10 bits per heavy atom. The molecule has 4 heteroatoms. The first-order valence-corrected chi connectivity index (χ1v) is 3.09. The lowest BCUT2D eigenvalue weighted by molar-refractivity contribution is 0.175. The number of hydrogen-bond acceptors (Lipinski definition) is 3. The fourth-order valence-corrected chi connectivity index (χ4v) is 0.774. The van der Waals surface area contributed by atoms with Crippen molar-refractivity contribution in [3.05, 3.63) is 24.0 Å². The maximum atomic E-state index is 9.25. The maximum Gasteiger partial charge on any atom is 0.0942 e. The molecule has 0 amide bonds. The zero-order chi connectivity index (χ0) is 7.40. The second-order valence-corrected chi connectivity index (χ2v) is 2.07. The van der Waals surface area contributed by atoms with E-state index in [0.29, 0.717) is 6.54 Å². The van der Waals surface area contributed by atoms with Gasteiger partial charge in [-0.2, -0.15) is 0 Å². The molecule has 10 heavy (non-hydrogen) atoms. The van der Waals surface area contributed by atoms with Crippen LogP contribution in [0.2, 0.25) is 0 Å². The van der Waals surface area contributed by atoms with Crippen LogP contribution in [0.1, 0.15) is 11.7 Å². The predicted octanol–water partition coefficient (Wildman–Crippen LogP) is -0.489. The first-order chi connectivity index (χ1) is 4.84. The summed E-state index contributed by atoms with van der Waals surface area (Å²) < 4.78 is 0. The molecule has 1 unspecified atom stereocenters. The summed E-state index contributed by atoms with van der Waals surface area (Å²) in [5.74, 6) is 5.02. The zero-order valence-electron chi connectivity index (χ0n) is 5.54. The van der Waals surface area contributed by atoms with Gasteiger partial charge in [0.2, 0.25) is 0 Å². The normalized spacial score (nSPS) is 13.4. The Kier molecular flexibility index (Phi) is 2.44. The van der Waals surface area contributed by atoms with Crippen LogP contribution in [0.3, 0.4) is 0 Å². The molecule has 1 aromatic heterocycles. The number of hydrogen-bond donors (Lipinski definition) is 4. The van der Waals surface area contributed by atoms with E-state index in [1.807, 2.05) is 6.07 Å². The molecule has 1 aromatic rings. The molecule has 0 saturated heterocycles. The molecule has 4 nitrogen and oxygen atoms in total. The fraction of sp³-hybridized carbons (Fsp3) is 0.333. The van der Waals surface area contributed by atoms with Crippen molar-refractivity contribution < 1.29 is 5.11 Å². The second kappa shape index (κ2) is 3.36. The molecule has 0 bridgehead atoms. The van der Waals surface area contributed by atoms with Crippen molar-refractivity contribution in [3.63, 3.8) is 0 Å². The van der Waals surface area contributed by atoms with E-state index in [-0.39, 0.29) is 0 Å². The smallest absolute Gasteiger partial charge is 0.0942 e. The first kappa shape index (κ1) is 7.27. The van der Waals surface area contributed by atoms with Crippen molar-refractivity contribution >= 4 is 0 Å². The number of aliphatic hydroxyl groups excluding tert-OH is 1. The third kappa shape index (κ3) is 1.57. The standard InChI is InChI=1S/C6H11N3O/c7-9-4-6(10)5-1-2-8-3-5/h1-3,6,8-10H,4,7H2. The van der Waals surface area contributed by atoms with Gasteiger partial charge in [0.1, 0.15) is 0 Å². The van der Waals surface area contributed by atoms with Crippen molar-refractivity contribution in [2.75, 3.05) is 6.54 Å². The number of aromatic amines is 1. The molecule has 0 spiro atoms. The molecule has 0 aromatic carbocycles. The molecule has 0 radical (unpaired) electrons. The van der Waals surface area contributed by atoms with Crippen molar-refractivity contribution in [2.24, 2.45) is 5.84 Å². The van der Waals surface area contributed by atoms with Gasteiger partial charge in [-0.1, -0.05) is 0 Å². The van der Waals surface area contributed by atoms with E-state index in [4.69, 9.17) is 5.84 Å². The van der Waals surface area contributed by atoms with E-state index in [0.717, 1.165) is 5.56 Å². The van der Waals surface area contributed by atoms with Gasteiger partial charge >= 0.3 is 0 Å². The molecule has 1 rings (SSSR count). The minimum atomic E-state index is -0.517. The highest BCUT2D eigenvalue weighted by atomic mass is 16.3. The molecule has 0 aliphatic carbocycles. The number of aromatic nitrogens is 1. The van der Waals surface area contributed by atoms with Crippen LogP contribution < -0.4 is 11.3 Å². The molecule has 5 N–H and O–H groups in total. The van der Waals surface area contributed by atoms with Gasteiger partial charge in [0.25, 0.3) is 0 Å². The average Bonchev–Trinajstić information content (AvgIpc) is 2.38. The highest BCUT2D eigenvalue weighted by Crippen LogP contribution is 2.08. The van der Waals surface area contributed by atoms with Gasteiger partial charge < -0.3 is 10.1 Å². The van der Waals surface area contributed by atoms with Crippen LogP contribution in [0.5, 0.6) is 0 Å². The number of hydrazine groups is 1. The fourth-order valence-electron chi connectivity index (χ4n) is 0.774. The lowest BCUT2D eigenvalue weighted by Gasteiger charge is -2.05. The molecular weight excluding hydrogens is 130 g/mol. The predicted molar refractivity (Wildman–Crippen MR) is 37.9 cm³/mol. The first-order valence-electron chi connectivity index (χ1n) is 3.09. The third-order valence-corrected chi connectivity index (χ3v) is 1.32. The average molecular weight is 141 g/mol. The van der Waals surface area contributed by atoms with Crippen LogP contribution in [0.4, 0.5) is 0 Å². The minimum Gasteiger partial charge on any atom is -0.387 e. The van der Waals surface area contributed by atoms with Gasteiger partial charge in [0, 0.05) is 18.9 Å². The quantitative estimate of drug-likeness (QED) is 0.339. The summed E-state index contributed by atoms with van der Waals surface area (Å²) in [4.78, 5) is 2.84. The van der Waals surface area contributed by atoms with Gasteiger partial charge in [0.05, 0.1) is 6.10 Å². The Morgan fingerprint density at radius 2 is 2.60 bits per heavy atom. The molecular formula is C6H11N3O. The van der Waals surface area contributed by atoms with Gasteiger partial charge in [-0.3, -0.25) is 11.3 Å². The summed E-state index contributed by atoms with van der Waals surface area (Å²) in [6.07, 6.45) is 2.98. The lowest BCUT2D eigenvalue weighted by atomic mass is 10.2. The highest BCUT2D eigenvalue weighted by Gasteiger charge is 2.04. The SMILES string of the molecule is NNCC(O)c1cc[nH]c1. The summed E-state index contributed by atoms with van der Waals surface area (Å²) in [5, 5.41) is 9.25. The van der Waals surface area contributed by atoms with Gasteiger partial charge in [-0.25, -0.2) is 0 Å². The zero-order valence-corrected chi connectivity index (χ0v) is 5.54. The molecule has 0 saturated carbocycles. The minimum absolute atomic E-state index is 0.373. The van der Waals surface area contributed by atoms with Crippen molar-refractivity contribution in [1.82, 2.24) is 10.4 Å². The maximum absolute atomic E-state index is 9.25. The monoisotopic (exact) mass is 141 g/mol. The largest absolute Gasteiger partial charge is 0.387 e.